The molecule has 0 unspecified atom stereocenters. The molecule has 1 aromatic heterocycles. The fraction of sp³-hybridized carbons (Fsp3) is 0.150. The van der Waals surface area contributed by atoms with Crippen molar-refractivity contribution in [3.05, 3.63) is 77.6 Å². The summed E-state index contributed by atoms with van der Waals surface area (Å²) in [4.78, 5) is 11.7. The quantitative estimate of drug-likeness (QED) is 0.716. The molecule has 132 valence electrons. The maximum Gasteiger partial charge on any atom is 0.251 e. The Labute approximate surface area is 151 Å². The van der Waals surface area contributed by atoms with Crippen LogP contribution in [0.4, 0.5) is 10.2 Å². The molecule has 3 aromatic rings. The molecule has 0 bridgehead atoms. The van der Waals surface area contributed by atoms with E-state index in [0.717, 1.165) is 17.5 Å². The Morgan fingerprint density at radius 2 is 1.85 bits per heavy atom. The normalized spacial score (nSPS) is 10.4. The highest BCUT2D eigenvalue weighted by Crippen LogP contribution is 2.17. The van der Waals surface area contributed by atoms with Crippen LogP contribution in [0.25, 0.3) is 11.3 Å². The largest absolute Gasteiger partial charge is 0.368 e. The number of rotatable bonds is 6. The van der Waals surface area contributed by atoms with Crippen molar-refractivity contribution < 1.29 is 9.18 Å². The van der Waals surface area contributed by atoms with Crippen LogP contribution in [-0.2, 0) is 6.42 Å². The van der Waals surface area contributed by atoms with Gasteiger partial charge in [0.2, 0.25) is 0 Å². The summed E-state index contributed by atoms with van der Waals surface area (Å²) in [5.41, 5.74) is 3.22. The van der Waals surface area contributed by atoms with Crippen LogP contribution in [0.3, 0.4) is 0 Å². The highest BCUT2D eigenvalue weighted by molar-refractivity contribution is 5.94. The van der Waals surface area contributed by atoms with E-state index in [1.807, 2.05) is 30.3 Å². The molecule has 3 rings (SSSR count). The fourth-order valence-electron chi connectivity index (χ4n) is 2.55. The lowest BCUT2D eigenvalue weighted by Gasteiger charge is -2.07. The maximum atomic E-state index is 13.0. The highest BCUT2D eigenvalue weighted by atomic mass is 19.1. The summed E-state index contributed by atoms with van der Waals surface area (Å²) >= 11 is 0. The van der Waals surface area contributed by atoms with Gasteiger partial charge in [-0.25, -0.2) is 4.39 Å². The van der Waals surface area contributed by atoms with Gasteiger partial charge in [-0.05, 0) is 60.5 Å². The van der Waals surface area contributed by atoms with Gasteiger partial charge in [-0.2, -0.15) is 0 Å². The Morgan fingerprint density at radius 1 is 1.04 bits per heavy atom. The molecule has 0 radical (unpaired) electrons. The van der Waals surface area contributed by atoms with E-state index in [9.17, 15) is 9.18 Å². The molecule has 2 N–H and O–H groups in total. The van der Waals surface area contributed by atoms with Gasteiger partial charge in [0.05, 0.1) is 5.69 Å². The standard InChI is InChI=1S/C20H19FN4O/c1-22-20(26)16-4-2-3-14(13-16)11-12-23-19-10-9-18(24-25-19)15-5-7-17(21)8-6-15/h2-10,13H,11-12H2,1H3,(H,22,26)(H,23,25). The van der Waals surface area contributed by atoms with E-state index in [-0.39, 0.29) is 11.7 Å². The van der Waals surface area contributed by atoms with Crippen molar-refractivity contribution in [3.8, 4) is 11.3 Å². The van der Waals surface area contributed by atoms with Gasteiger partial charge < -0.3 is 10.6 Å². The van der Waals surface area contributed by atoms with E-state index >= 15 is 0 Å². The lowest BCUT2D eigenvalue weighted by Crippen LogP contribution is -2.18. The highest BCUT2D eigenvalue weighted by Gasteiger charge is 2.04. The minimum absolute atomic E-state index is 0.0953. The summed E-state index contributed by atoms with van der Waals surface area (Å²) in [7, 11) is 1.62. The zero-order chi connectivity index (χ0) is 18.4. The van der Waals surface area contributed by atoms with Gasteiger partial charge >= 0.3 is 0 Å². The number of nitrogens with zero attached hydrogens (tertiary/aromatic N) is 2. The summed E-state index contributed by atoms with van der Waals surface area (Å²) in [6, 6.07) is 17.3. The molecule has 0 aliphatic rings. The molecule has 0 spiro atoms. The molecule has 26 heavy (non-hydrogen) atoms. The SMILES string of the molecule is CNC(=O)c1cccc(CCNc2ccc(-c3ccc(F)cc3)nn2)c1. The van der Waals surface area contributed by atoms with Crippen molar-refractivity contribution in [1.82, 2.24) is 15.5 Å². The second-order valence-electron chi connectivity index (χ2n) is 5.77. The number of halogens is 1. The number of amides is 1. The van der Waals surface area contributed by atoms with E-state index < -0.39 is 0 Å². The van der Waals surface area contributed by atoms with Gasteiger partial charge in [0, 0.05) is 24.7 Å². The van der Waals surface area contributed by atoms with Crippen molar-refractivity contribution in [2.45, 2.75) is 6.42 Å². The van der Waals surface area contributed by atoms with Crippen LogP contribution >= 0.6 is 0 Å². The molecular formula is C20H19FN4O. The van der Waals surface area contributed by atoms with Gasteiger partial charge in [0.1, 0.15) is 11.6 Å². The number of nitrogens with one attached hydrogen (secondary N) is 2. The number of aromatic nitrogens is 2. The molecule has 1 amide bonds. The van der Waals surface area contributed by atoms with Crippen molar-refractivity contribution >= 4 is 11.7 Å². The Morgan fingerprint density at radius 3 is 2.54 bits per heavy atom. The van der Waals surface area contributed by atoms with Crippen molar-refractivity contribution in [3.63, 3.8) is 0 Å². The number of benzene rings is 2. The molecule has 0 aliphatic heterocycles. The number of carbonyl (C=O) groups excluding carboxylic acids is 1. The lowest BCUT2D eigenvalue weighted by atomic mass is 10.1. The van der Waals surface area contributed by atoms with Crippen molar-refractivity contribution in [2.75, 3.05) is 18.9 Å². The van der Waals surface area contributed by atoms with Crippen LogP contribution in [0.1, 0.15) is 15.9 Å². The Balaban J connectivity index is 1.57. The molecule has 6 heteroatoms. The summed E-state index contributed by atoms with van der Waals surface area (Å²) < 4.78 is 13.0. The Hall–Kier alpha value is -3.28. The van der Waals surface area contributed by atoms with Gasteiger partial charge in [-0.15, -0.1) is 10.2 Å². The first-order valence-corrected chi connectivity index (χ1v) is 8.30. The topological polar surface area (TPSA) is 66.9 Å². The first kappa shape index (κ1) is 17.5. The summed E-state index contributed by atoms with van der Waals surface area (Å²) in [5.74, 6) is 0.292. The second-order valence-corrected chi connectivity index (χ2v) is 5.77. The van der Waals surface area contributed by atoms with Crippen LogP contribution < -0.4 is 10.6 Å². The average molecular weight is 350 g/mol. The van der Waals surface area contributed by atoms with Crippen molar-refractivity contribution in [2.24, 2.45) is 0 Å². The first-order valence-electron chi connectivity index (χ1n) is 8.30. The monoisotopic (exact) mass is 350 g/mol. The third-order valence-electron chi connectivity index (χ3n) is 3.94. The zero-order valence-electron chi connectivity index (χ0n) is 14.4. The molecule has 0 atom stereocenters. The van der Waals surface area contributed by atoms with E-state index in [0.29, 0.717) is 23.6 Å². The molecule has 0 aliphatic carbocycles. The first-order chi connectivity index (χ1) is 12.7. The number of anilines is 1. The average Bonchev–Trinajstić information content (AvgIpc) is 2.69. The maximum absolute atomic E-state index is 13.0. The third kappa shape index (κ3) is 4.42. The molecular weight excluding hydrogens is 331 g/mol. The van der Waals surface area contributed by atoms with E-state index in [1.165, 1.54) is 12.1 Å². The molecule has 2 aromatic carbocycles. The fourth-order valence-corrected chi connectivity index (χ4v) is 2.55. The molecule has 0 saturated carbocycles. The van der Waals surface area contributed by atoms with Crippen LogP contribution in [0.2, 0.25) is 0 Å². The van der Waals surface area contributed by atoms with Crippen molar-refractivity contribution in [1.29, 1.82) is 0 Å². The predicted molar refractivity (Wildman–Crippen MR) is 99.5 cm³/mol. The van der Waals surface area contributed by atoms with E-state index in [2.05, 4.69) is 20.8 Å². The Kier molecular flexibility index (Phi) is 5.53. The summed E-state index contributed by atoms with van der Waals surface area (Å²) in [6.45, 7) is 0.668. The molecule has 5 nitrogen and oxygen atoms in total. The second kappa shape index (κ2) is 8.20. The van der Waals surface area contributed by atoms with Crippen LogP contribution in [0.15, 0.2) is 60.7 Å². The summed E-state index contributed by atoms with van der Waals surface area (Å²) in [6.07, 6.45) is 0.756. The van der Waals surface area contributed by atoms with Gasteiger partial charge in [-0.3, -0.25) is 4.79 Å². The lowest BCUT2D eigenvalue weighted by molar-refractivity contribution is 0.0963. The predicted octanol–water partition coefficient (Wildman–Crippen LogP) is 3.30. The Bertz CT molecular complexity index is 879. The number of hydrogen-bond donors (Lipinski definition) is 2. The minimum atomic E-state index is -0.277. The molecule has 0 saturated heterocycles. The number of hydrogen-bond acceptors (Lipinski definition) is 4. The molecule has 0 fully saturated rings. The van der Waals surface area contributed by atoms with Crippen LogP contribution in [-0.4, -0.2) is 29.7 Å². The molecule has 1 heterocycles. The van der Waals surface area contributed by atoms with E-state index in [1.54, 1.807) is 25.2 Å². The zero-order valence-corrected chi connectivity index (χ0v) is 14.4. The van der Waals surface area contributed by atoms with E-state index in [4.69, 9.17) is 0 Å². The third-order valence-corrected chi connectivity index (χ3v) is 3.94. The van der Waals surface area contributed by atoms with Crippen LogP contribution in [0, 0.1) is 5.82 Å². The summed E-state index contributed by atoms with van der Waals surface area (Å²) in [5, 5.41) is 14.1. The van der Waals surface area contributed by atoms with Gasteiger partial charge in [0.15, 0.2) is 0 Å². The smallest absolute Gasteiger partial charge is 0.251 e. The van der Waals surface area contributed by atoms with Crippen LogP contribution in [0.5, 0.6) is 0 Å². The minimum Gasteiger partial charge on any atom is -0.368 e. The number of carbonyl (C=O) groups is 1. The van der Waals surface area contributed by atoms with Gasteiger partial charge in [-0.1, -0.05) is 12.1 Å². The van der Waals surface area contributed by atoms with Gasteiger partial charge in [0.25, 0.3) is 5.91 Å².